The van der Waals surface area contributed by atoms with Gasteiger partial charge in [-0.15, -0.1) is 0 Å². The highest BCUT2D eigenvalue weighted by molar-refractivity contribution is 5.99. The van der Waals surface area contributed by atoms with Gasteiger partial charge in [-0.2, -0.15) is 0 Å². The van der Waals surface area contributed by atoms with E-state index in [0.29, 0.717) is 6.41 Å². The molecule has 1 aromatic carbocycles. The van der Waals surface area contributed by atoms with Crippen molar-refractivity contribution in [2.75, 3.05) is 5.32 Å². The third-order valence-corrected chi connectivity index (χ3v) is 4.19. The maximum atomic E-state index is 12.4. The average molecular weight is 320 g/mol. The second-order valence-corrected chi connectivity index (χ2v) is 5.83. The van der Waals surface area contributed by atoms with Crippen LogP contribution in [0.5, 0.6) is 5.75 Å². The number of phenols is 1. The highest BCUT2D eigenvalue weighted by Gasteiger charge is 2.18. The summed E-state index contributed by atoms with van der Waals surface area (Å²) in [5.41, 5.74) is 0.448. The normalized spacial score (nSPS) is 16.2. The summed E-state index contributed by atoms with van der Waals surface area (Å²) in [4.78, 5) is 22.9. The number of anilines is 1. The van der Waals surface area contributed by atoms with Crippen molar-refractivity contribution in [3.05, 3.63) is 23.8 Å². The molecule has 128 valence electrons. The number of hydrogen-bond acceptors (Lipinski definition) is 3. The Morgan fingerprint density at radius 3 is 2.30 bits per heavy atom. The molecule has 0 radical (unpaired) electrons. The Morgan fingerprint density at radius 1 is 1.09 bits per heavy atom. The summed E-state index contributed by atoms with van der Waals surface area (Å²) in [5, 5.41) is 15.5. The molecule has 1 aliphatic rings. The number of amides is 2. The number of benzene rings is 1. The molecule has 0 saturated heterocycles. The SMILES string of the molecule is C.O=CNc1cccc(C(=O)NC2CCCCCCCC2)c1O. The van der Waals surface area contributed by atoms with E-state index < -0.39 is 0 Å². The Hall–Kier alpha value is -2.04. The summed E-state index contributed by atoms with van der Waals surface area (Å²) < 4.78 is 0. The van der Waals surface area contributed by atoms with Crippen LogP contribution in [0.2, 0.25) is 0 Å². The number of nitrogens with one attached hydrogen (secondary N) is 2. The summed E-state index contributed by atoms with van der Waals surface area (Å²) in [6.07, 6.45) is 9.70. The van der Waals surface area contributed by atoms with E-state index in [0.717, 1.165) is 25.7 Å². The molecule has 2 amide bonds. The lowest BCUT2D eigenvalue weighted by Crippen LogP contribution is -2.34. The average Bonchev–Trinajstić information content (AvgIpc) is 2.63. The monoisotopic (exact) mass is 320 g/mol. The zero-order chi connectivity index (χ0) is 15.8. The lowest BCUT2D eigenvalue weighted by molar-refractivity contribution is -0.105. The van der Waals surface area contributed by atoms with Crippen LogP contribution in [0.4, 0.5) is 5.69 Å². The lowest BCUT2D eigenvalue weighted by Gasteiger charge is -2.18. The summed E-state index contributed by atoms with van der Waals surface area (Å²) in [5.74, 6) is -0.466. The minimum absolute atomic E-state index is 0. The largest absolute Gasteiger partial charge is 0.505 e. The Morgan fingerprint density at radius 2 is 1.70 bits per heavy atom. The van der Waals surface area contributed by atoms with E-state index in [1.807, 2.05) is 0 Å². The van der Waals surface area contributed by atoms with Crippen molar-refractivity contribution in [1.29, 1.82) is 0 Å². The van der Waals surface area contributed by atoms with Gasteiger partial charge in [-0.05, 0) is 25.0 Å². The minimum atomic E-state index is -0.281. The maximum Gasteiger partial charge on any atom is 0.255 e. The van der Waals surface area contributed by atoms with Gasteiger partial charge in [-0.1, -0.05) is 52.0 Å². The quantitative estimate of drug-likeness (QED) is 0.583. The highest BCUT2D eigenvalue weighted by atomic mass is 16.3. The first-order chi connectivity index (χ1) is 10.7. The molecule has 5 heteroatoms. The van der Waals surface area contributed by atoms with Gasteiger partial charge in [-0.25, -0.2) is 0 Å². The Bertz CT molecular complexity index is 507. The van der Waals surface area contributed by atoms with Crippen molar-refractivity contribution in [2.24, 2.45) is 0 Å². The van der Waals surface area contributed by atoms with Crippen molar-refractivity contribution in [3.8, 4) is 5.75 Å². The molecule has 0 aliphatic heterocycles. The molecule has 23 heavy (non-hydrogen) atoms. The van der Waals surface area contributed by atoms with Crippen LogP contribution in [0.15, 0.2) is 18.2 Å². The second kappa shape index (κ2) is 9.87. The van der Waals surface area contributed by atoms with Gasteiger partial charge in [0.25, 0.3) is 5.91 Å². The molecule has 0 heterocycles. The fraction of sp³-hybridized carbons (Fsp3) is 0.556. The molecule has 1 fully saturated rings. The molecule has 0 spiro atoms. The van der Waals surface area contributed by atoms with Gasteiger partial charge in [0.1, 0.15) is 0 Å². The van der Waals surface area contributed by atoms with Gasteiger partial charge >= 0.3 is 0 Å². The summed E-state index contributed by atoms with van der Waals surface area (Å²) >= 11 is 0. The van der Waals surface area contributed by atoms with Crippen LogP contribution in [0.25, 0.3) is 0 Å². The van der Waals surface area contributed by atoms with Crippen molar-refractivity contribution in [3.63, 3.8) is 0 Å². The summed E-state index contributed by atoms with van der Waals surface area (Å²) in [6, 6.07) is 4.92. The first kappa shape index (κ1) is 19.0. The number of hydrogen-bond donors (Lipinski definition) is 3. The standard InChI is InChI=1S/C17H24N2O3.CH4/c20-12-18-15-11-7-10-14(16(15)21)17(22)19-13-8-5-3-1-2-4-6-9-13;/h7,10-13,21H,1-6,8-9H2,(H,18,20)(H,19,22);1H4. The lowest BCUT2D eigenvalue weighted by atomic mass is 10.0. The van der Waals surface area contributed by atoms with E-state index in [2.05, 4.69) is 10.6 Å². The van der Waals surface area contributed by atoms with Crippen LogP contribution in [-0.4, -0.2) is 23.5 Å². The topological polar surface area (TPSA) is 78.4 Å². The van der Waals surface area contributed by atoms with Crippen molar-refractivity contribution in [1.82, 2.24) is 5.32 Å². The summed E-state index contributed by atoms with van der Waals surface area (Å²) in [6.45, 7) is 0. The van der Waals surface area contributed by atoms with Crippen molar-refractivity contribution in [2.45, 2.75) is 64.8 Å². The zero-order valence-electron chi connectivity index (χ0n) is 12.8. The number of para-hydroxylation sites is 1. The van der Waals surface area contributed by atoms with Gasteiger partial charge < -0.3 is 15.7 Å². The van der Waals surface area contributed by atoms with Crippen LogP contribution in [0, 0.1) is 0 Å². The van der Waals surface area contributed by atoms with E-state index in [-0.39, 0.29) is 36.4 Å². The molecule has 0 unspecified atom stereocenters. The van der Waals surface area contributed by atoms with E-state index in [9.17, 15) is 14.7 Å². The van der Waals surface area contributed by atoms with Gasteiger partial charge in [0.05, 0.1) is 11.3 Å². The Kier molecular flexibility index (Phi) is 8.16. The first-order valence-electron chi connectivity index (χ1n) is 8.05. The van der Waals surface area contributed by atoms with Crippen LogP contribution in [-0.2, 0) is 4.79 Å². The van der Waals surface area contributed by atoms with Crippen molar-refractivity contribution < 1.29 is 14.7 Å². The predicted molar refractivity (Wildman–Crippen MR) is 92.7 cm³/mol. The van der Waals surface area contributed by atoms with Crippen LogP contribution < -0.4 is 10.6 Å². The van der Waals surface area contributed by atoms with E-state index in [1.165, 1.54) is 25.7 Å². The first-order valence-corrected chi connectivity index (χ1v) is 8.05. The fourth-order valence-corrected chi connectivity index (χ4v) is 2.95. The molecule has 1 aromatic rings. The van der Waals surface area contributed by atoms with E-state index in [4.69, 9.17) is 0 Å². The molecule has 2 rings (SSSR count). The molecular formula is C18H28N2O3. The highest BCUT2D eigenvalue weighted by Crippen LogP contribution is 2.27. The Balaban J connectivity index is 0.00000264. The predicted octanol–water partition coefficient (Wildman–Crippen LogP) is 3.83. The number of phenolic OH excluding ortho intramolecular Hbond substituents is 1. The van der Waals surface area contributed by atoms with Crippen molar-refractivity contribution >= 4 is 18.0 Å². The smallest absolute Gasteiger partial charge is 0.255 e. The van der Waals surface area contributed by atoms with E-state index in [1.54, 1.807) is 18.2 Å². The van der Waals surface area contributed by atoms with Gasteiger partial charge in [0.2, 0.25) is 6.41 Å². The van der Waals surface area contributed by atoms with E-state index >= 15 is 0 Å². The molecule has 1 aliphatic carbocycles. The van der Waals surface area contributed by atoms with Gasteiger partial charge in [0.15, 0.2) is 5.75 Å². The van der Waals surface area contributed by atoms with Crippen LogP contribution in [0.1, 0.15) is 69.2 Å². The van der Waals surface area contributed by atoms with Gasteiger partial charge in [-0.3, -0.25) is 9.59 Å². The number of carbonyl (C=O) groups is 2. The van der Waals surface area contributed by atoms with Crippen LogP contribution >= 0.6 is 0 Å². The molecular weight excluding hydrogens is 292 g/mol. The fourth-order valence-electron chi connectivity index (χ4n) is 2.95. The molecule has 1 saturated carbocycles. The molecule has 5 nitrogen and oxygen atoms in total. The number of aromatic hydroxyl groups is 1. The molecule has 3 N–H and O–H groups in total. The Labute approximate surface area is 138 Å². The summed E-state index contributed by atoms with van der Waals surface area (Å²) in [7, 11) is 0. The minimum Gasteiger partial charge on any atom is -0.505 e. The molecule has 0 bridgehead atoms. The maximum absolute atomic E-state index is 12.4. The number of carbonyl (C=O) groups excluding carboxylic acids is 2. The molecule has 0 atom stereocenters. The zero-order valence-corrected chi connectivity index (χ0v) is 12.8. The number of rotatable bonds is 4. The van der Waals surface area contributed by atoms with Crippen LogP contribution in [0.3, 0.4) is 0 Å². The third-order valence-electron chi connectivity index (χ3n) is 4.19. The molecule has 0 aromatic heterocycles. The second-order valence-electron chi connectivity index (χ2n) is 5.83. The third kappa shape index (κ3) is 5.58. The van der Waals surface area contributed by atoms with Gasteiger partial charge in [0, 0.05) is 6.04 Å².